The van der Waals surface area contributed by atoms with Gasteiger partial charge in [0, 0.05) is 6.61 Å². The third-order valence-electron chi connectivity index (χ3n) is 2.82. The second kappa shape index (κ2) is 4.33. The van der Waals surface area contributed by atoms with E-state index in [-0.39, 0.29) is 5.60 Å². The quantitative estimate of drug-likeness (QED) is 0.823. The fraction of sp³-hybridized carbons (Fsp3) is 0.727. The van der Waals surface area contributed by atoms with Gasteiger partial charge in [-0.25, -0.2) is 4.98 Å². The Morgan fingerprint density at radius 2 is 2.47 bits per heavy atom. The zero-order chi connectivity index (χ0) is 10.7. The van der Waals surface area contributed by atoms with Crippen LogP contribution in [0.3, 0.4) is 0 Å². The molecular formula is C11H18N2O2. The van der Waals surface area contributed by atoms with Crippen LogP contribution < -0.4 is 5.32 Å². The molecule has 1 aromatic rings. The molecule has 1 aliphatic heterocycles. The molecule has 4 nitrogen and oxygen atoms in total. The first kappa shape index (κ1) is 10.6. The van der Waals surface area contributed by atoms with Crippen molar-refractivity contribution < 1.29 is 9.15 Å². The van der Waals surface area contributed by atoms with Gasteiger partial charge in [-0.15, -0.1) is 0 Å². The molecular weight excluding hydrogens is 192 g/mol. The van der Waals surface area contributed by atoms with E-state index < -0.39 is 0 Å². The molecule has 0 amide bonds. The topological polar surface area (TPSA) is 47.3 Å². The summed E-state index contributed by atoms with van der Waals surface area (Å²) >= 11 is 0. The van der Waals surface area contributed by atoms with Crippen LogP contribution in [0.1, 0.15) is 38.3 Å². The van der Waals surface area contributed by atoms with Gasteiger partial charge in [-0.2, -0.15) is 0 Å². The van der Waals surface area contributed by atoms with Crippen LogP contribution >= 0.6 is 0 Å². The SMILES string of the molecule is CCNCc1ncc(C2(C)CCCO2)o1. The van der Waals surface area contributed by atoms with Crippen molar-refractivity contribution in [1.82, 2.24) is 10.3 Å². The molecule has 1 aromatic heterocycles. The summed E-state index contributed by atoms with van der Waals surface area (Å²) in [7, 11) is 0. The third-order valence-corrected chi connectivity index (χ3v) is 2.82. The first-order chi connectivity index (χ1) is 7.24. The highest BCUT2D eigenvalue weighted by Gasteiger charge is 2.35. The molecule has 84 valence electrons. The van der Waals surface area contributed by atoms with Gasteiger partial charge >= 0.3 is 0 Å². The normalized spacial score (nSPS) is 26.0. The summed E-state index contributed by atoms with van der Waals surface area (Å²) in [5, 5.41) is 3.18. The monoisotopic (exact) mass is 210 g/mol. The first-order valence-electron chi connectivity index (χ1n) is 5.54. The molecule has 2 heterocycles. The fourth-order valence-corrected chi connectivity index (χ4v) is 1.84. The lowest BCUT2D eigenvalue weighted by Gasteiger charge is -2.19. The van der Waals surface area contributed by atoms with E-state index in [4.69, 9.17) is 9.15 Å². The second-order valence-electron chi connectivity index (χ2n) is 4.08. The van der Waals surface area contributed by atoms with Gasteiger partial charge in [-0.3, -0.25) is 0 Å². The van der Waals surface area contributed by atoms with Crippen LogP contribution in [0.4, 0.5) is 0 Å². The number of aromatic nitrogens is 1. The molecule has 1 aliphatic rings. The molecule has 0 spiro atoms. The van der Waals surface area contributed by atoms with Crippen molar-refractivity contribution in [2.24, 2.45) is 0 Å². The zero-order valence-electron chi connectivity index (χ0n) is 9.38. The molecule has 0 aliphatic carbocycles. The van der Waals surface area contributed by atoms with Gasteiger partial charge in [0.2, 0.25) is 5.89 Å². The van der Waals surface area contributed by atoms with Crippen molar-refractivity contribution in [2.75, 3.05) is 13.2 Å². The Balaban J connectivity index is 2.05. The number of ether oxygens (including phenoxy) is 1. The number of nitrogens with zero attached hydrogens (tertiary/aromatic N) is 1. The van der Waals surface area contributed by atoms with Gasteiger partial charge in [0.15, 0.2) is 5.76 Å². The van der Waals surface area contributed by atoms with Crippen molar-refractivity contribution in [3.05, 3.63) is 17.8 Å². The van der Waals surface area contributed by atoms with Crippen LogP contribution in [0.25, 0.3) is 0 Å². The Hall–Kier alpha value is -0.870. The number of oxazole rings is 1. The van der Waals surface area contributed by atoms with E-state index in [9.17, 15) is 0 Å². The van der Waals surface area contributed by atoms with Gasteiger partial charge < -0.3 is 14.5 Å². The Bertz CT molecular complexity index is 316. The van der Waals surface area contributed by atoms with Crippen LogP contribution in [0, 0.1) is 0 Å². The fourth-order valence-electron chi connectivity index (χ4n) is 1.84. The molecule has 0 aromatic carbocycles. The first-order valence-corrected chi connectivity index (χ1v) is 5.54. The standard InChI is InChI=1S/C11H18N2O2/c1-3-12-8-10-13-7-9(15-10)11(2)5-4-6-14-11/h7,12H,3-6,8H2,1-2H3. The summed E-state index contributed by atoms with van der Waals surface area (Å²) in [4.78, 5) is 4.23. The third kappa shape index (κ3) is 2.21. The maximum Gasteiger partial charge on any atom is 0.208 e. The largest absolute Gasteiger partial charge is 0.441 e. The highest BCUT2D eigenvalue weighted by molar-refractivity contribution is 5.06. The Morgan fingerprint density at radius 3 is 3.13 bits per heavy atom. The van der Waals surface area contributed by atoms with E-state index in [1.165, 1.54) is 0 Å². The molecule has 15 heavy (non-hydrogen) atoms. The lowest BCUT2D eigenvalue weighted by atomic mass is 10.0. The molecule has 1 atom stereocenters. The van der Waals surface area contributed by atoms with Crippen LogP contribution in [0.2, 0.25) is 0 Å². The van der Waals surface area contributed by atoms with Gasteiger partial charge in [0.25, 0.3) is 0 Å². The smallest absolute Gasteiger partial charge is 0.208 e. The molecule has 1 N–H and O–H groups in total. The minimum Gasteiger partial charge on any atom is -0.441 e. The summed E-state index contributed by atoms with van der Waals surface area (Å²) in [6.07, 6.45) is 3.90. The van der Waals surface area contributed by atoms with Crippen molar-refractivity contribution in [3.63, 3.8) is 0 Å². The van der Waals surface area contributed by atoms with E-state index in [0.29, 0.717) is 6.54 Å². The summed E-state index contributed by atoms with van der Waals surface area (Å²) < 4.78 is 11.4. The number of hydrogen-bond donors (Lipinski definition) is 1. The minimum absolute atomic E-state index is 0.253. The number of nitrogens with one attached hydrogen (secondary N) is 1. The van der Waals surface area contributed by atoms with Crippen molar-refractivity contribution in [3.8, 4) is 0 Å². The highest BCUT2D eigenvalue weighted by Crippen LogP contribution is 2.35. The molecule has 0 radical (unpaired) electrons. The summed E-state index contributed by atoms with van der Waals surface area (Å²) in [6, 6.07) is 0. The Morgan fingerprint density at radius 1 is 1.60 bits per heavy atom. The van der Waals surface area contributed by atoms with Crippen molar-refractivity contribution in [2.45, 2.75) is 38.8 Å². The maximum atomic E-state index is 5.69. The van der Waals surface area contributed by atoms with Gasteiger partial charge in [0.1, 0.15) is 5.60 Å². The Kier molecular flexibility index (Phi) is 3.07. The average molecular weight is 210 g/mol. The van der Waals surface area contributed by atoms with Crippen molar-refractivity contribution in [1.29, 1.82) is 0 Å². The minimum atomic E-state index is -0.253. The van der Waals surface area contributed by atoms with Crippen molar-refractivity contribution >= 4 is 0 Å². The van der Waals surface area contributed by atoms with Crippen LogP contribution in [-0.4, -0.2) is 18.1 Å². The molecule has 2 rings (SSSR count). The molecule has 1 saturated heterocycles. The predicted molar refractivity (Wildman–Crippen MR) is 56.4 cm³/mol. The average Bonchev–Trinajstić information content (AvgIpc) is 2.84. The maximum absolute atomic E-state index is 5.69. The van der Waals surface area contributed by atoms with Gasteiger partial charge in [-0.1, -0.05) is 6.92 Å². The van der Waals surface area contributed by atoms with Crippen LogP contribution in [0.5, 0.6) is 0 Å². The van der Waals surface area contributed by atoms with E-state index in [2.05, 4.69) is 24.1 Å². The van der Waals surface area contributed by atoms with E-state index in [1.54, 1.807) is 6.20 Å². The van der Waals surface area contributed by atoms with Crippen LogP contribution in [0.15, 0.2) is 10.6 Å². The molecule has 1 fully saturated rings. The molecule has 0 saturated carbocycles. The van der Waals surface area contributed by atoms with E-state index in [1.807, 2.05) is 0 Å². The number of hydrogen-bond acceptors (Lipinski definition) is 4. The highest BCUT2D eigenvalue weighted by atomic mass is 16.5. The van der Waals surface area contributed by atoms with E-state index >= 15 is 0 Å². The molecule has 4 heteroatoms. The van der Waals surface area contributed by atoms with Crippen LogP contribution in [-0.2, 0) is 16.9 Å². The number of rotatable bonds is 4. The molecule has 0 bridgehead atoms. The van der Waals surface area contributed by atoms with Gasteiger partial charge in [0.05, 0.1) is 12.7 Å². The summed E-state index contributed by atoms with van der Waals surface area (Å²) in [5.41, 5.74) is -0.253. The lowest BCUT2D eigenvalue weighted by molar-refractivity contribution is -0.00170. The second-order valence-corrected chi connectivity index (χ2v) is 4.08. The lowest BCUT2D eigenvalue weighted by Crippen LogP contribution is -2.18. The summed E-state index contributed by atoms with van der Waals surface area (Å²) in [5.74, 6) is 1.59. The van der Waals surface area contributed by atoms with Gasteiger partial charge in [-0.05, 0) is 26.3 Å². The molecule has 1 unspecified atom stereocenters. The predicted octanol–water partition coefficient (Wildman–Crippen LogP) is 1.81. The zero-order valence-corrected chi connectivity index (χ0v) is 9.38. The Labute approximate surface area is 90.0 Å². The summed E-state index contributed by atoms with van der Waals surface area (Å²) in [6.45, 7) is 6.56. The van der Waals surface area contributed by atoms with E-state index in [0.717, 1.165) is 37.6 Å².